The second-order valence-electron chi connectivity index (χ2n) is 7.97. The molecule has 0 aliphatic carbocycles. The van der Waals surface area contributed by atoms with E-state index in [1.807, 2.05) is 0 Å². The standard InChI is InChI=1S/C20H21F2N7O2/c1-28(14-5-9-3-4-13(24-9)17(14)21)16-8-23-19(26-25-16)12-6-10-11(7-15(12)30)20(31)29(2)27-18(10)22/h6-9,13-14,17,24,30H,3-5H2,1-2H3/t9?,13?,14-,17+/m0/s1/i2D3. The van der Waals surface area contributed by atoms with Gasteiger partial charge >= 0.3 is 0 Å². The summed E-state index contributed by atoms with van der Waals surface area (Å²) in [6.45, 7) is -2.98. The van der Waals surface area contributed by atoms with Crippen LogP contribution in [0.3, 0.4) is 0 Å². The number of phenolic OH excluding ortho intramolecular Hbond substituents is 1. The van der Waals surface area contributed by atoms with E-state index in [0.29, 0.717) is 12.2 Å². The van der Waals surface area contributed by atoms with Crippen molar-refractivity contribution in [2.24, 2.45) is 6.98 Å². The molecule has 2 aliphatic heterocycles. The predicted molar refractivity (Wildman–Crippen MR) is 109 cm³/mol. The largest absolute Gasteiger partial charge is 0.507 e. The van der Waals surface area contributed by atoms with Gasteiger partial charge in [0.2, 0.25) is 5.95 Å². The van der Waals surface area contributed by atoms with Crippen LogP contribution in [0, 0.1) is 5.95 Å². The summed E-state index contributed by atoms with van der Waals surface area (Å²) in [7, 11) is 1.72. The average Bonchev–Trinajstić information content (AvgIpc) is 3.21. The molecule has 31 heavy (non-hydrogen) atoms. The first-order valence-corrected chi connectivity index (χ1v) is 9.83. The molecule has 2 aliphatic rings. The lowest BCUT2D eigenvalue weighted by Crippen LogP contribution is -2.55. The second-order valence-corrected chi connectivity index (χ2v) is 7.97. The molecule has 2 aromatic heterocycles. The van der Waals surface area contributed by atoms with Crippen molar-refractivity contribution in [3.8, 4) is 17.1 Å². The van der Waals surface area contributed by atoms with Crippen LogP contribution >= 0.6 is 0 Å². The van der Waals surface area contributed by atoms with E-state index in [0.717, 1.165) is 25.0 Å². The minimum atomic E-state index is -2.98. The third-order valence-corrected chi connectivity index (χ3v) is 6.17. The molecule has 4 heterocycles. The molecule has 1 aromatic carbocycles. The molecule has 0 radical (unpaired) electrons. The van der Waals surface area contributed by atoms with Crippen molar-refractivity contribution in [3.63, 3.8) is 0 Å². The minimum absolute atomic E-state index is 0.0239. The van der Waals surface area contributed by atoms with Crippen molar-refractivity contribution < 1.29 is 18.0 Å². The fraction of sp³-hybridized carbons (Fsp3) is 0.450. The van der Waals surface area contributed by atoms with Gasteiger partial charge in [0, 0.05) is 35.6 Å². The van der Waals surface area contributed by atoms with Gasteiger partial charge in [-0.3, -0.25) is 4.79 Å². The number of fused-ring (bicyclic) bond motifs is 3. The van der Waals surface area contributed by atoms with Gasteiger partial charge in [-0.25, -0.2) is 14.1 Å². The second kappa shape index (κ2) is 7.19. The molecule has 2 saturated heterocycles. The molecule has 4 atom stereocenters. The molecular weight excluding hydrogens is 408 g/mol. The summed E-state index contributed by atoms with van der Waals surface area (Å²) >= 11 is 0. The van der Waals surface area contributed by atoms with Gasteiger partial charge in [-0.05, 0) is 31.4 Å². The first-order chi connectivity index (χ1) is 16.0. The smallest absolute Gasteiger partial charge is 0.274 e. The topological polar surface area (TPSA) is 109 Å². The Kier molecular flexibility index (Phi) is 3.82. The Morgan fingerprint density at radius 2 is 2.16 bits per heavy atom. The SMILES string of the molecule is [2H]C([2H])([2H])n1nc(F)c2cc(-c3ncc(N(C)[C@H]4CC5CCC(N5)[C@H]4F)nn3)c(O)cc2c1=O. The zero-order valence-electron chi connectivity index (χ0n) is 19.5. The highest BCUT2D eigenvalue weighted by atomic mass is 19.1. The molecule has 5 rings (SSSR count). The normalized spacial score (nSPS) is 27.0. The summed E-state index contributed by atoms with van der Waals surface area (Å²) in [5, 5.41) is 24.4. The summed E-state index contributed by atoms with van der Waals surface area (Å²) < 4.78 is 51.5. The molecule has 0 saturated carbocycles. The van der Waals surface area contributed by atoms with E-state index in [2.05, 4.69) is 25.6 Å². The van der Waals surface area contributed by atoms with E-state index < -0.39 is 30.4 Å². The van der Waals surface area contributed by atoms with Gasteiger partial charge < -0.3 is 15.3 Å². The highest BCUT2D eigenvalue weighted by molar-refractivity contribution is 5.88. The maximum absolute atomic E-state index is 14.9. The fourth-order valence-corrected chi connectivity index (χ4v) is 4.49. The number of alkyl halides is 1. The number of aromatic hydroxyl groups is 1. The van der Waals surface area contributed by atoms with E-state index in [-0.39, 0.29) is 45.0 Å². The van der Waals surface area contributed by atoms with Gasteiger partial charge in [0.15, 0.2) is 11.6 Å². The van der Waals surface area contributed by atoms with Crippen molar-refractivity contribution in [2.45, 2.75) is 43.6 Å². The molecule has 0 spiro atoms. The Morgan fingerprint density at radius 3 is 2.90 bits per heavy atom. The molecule has 162 valence electrons. The van der Waals surface area contributed by atoms with Crippen molar-refractivity contribution in [1.29, 1.82) is 0 Å². The number of anilines is 1. The number of hydrogen-bond donors (Lipinski definition) is 2. The summed E-state index contributed by atoms with van der Waals surface area (Å²) in [5.74, 6) is -1.38. The molecule has 2 N–H and O–H groups in total. The molecule has 0 amide bonds. The number of aromatic nitrogens is 5. The highest BCUT2D eigenvalue weighted by Crippen LogP contribution is 2.34. The highest BCUT2D eigenvalue weighted by Gasteiger charge is 2.43. The maximum atomic E-state index is 14.9. The quantitative estimate of drug-likeness (QED) is 0.638. The lowest BCUT2D eigenvalue weighted by atomic mass is 9.96. The molecule has 2 unspecified atom stereocenters. The molecule has 2 fully saturated rings. The van der Waals surface area contributed by atoms with E-state index in [1.54, 1.807) is 11.9 Å². The average molecular weight is 432 g/mol. The number of aryl methyl sites for hydroxylation is 1. The van der Waals surface area contributed by atoms with Crippen LogP contribution in [0.2, 0.25) is 0 Å². The molecule has 9 nitrogen and oxygen atoms in total. The van der Waals surface area contributed by atoms with Gasteiger partial charge in [0.05, 0.1) is 23.2 Å². The molecule has 11 heteroatoms. The minimum Gasteiger partial charge on any atom is -0.507 e. The van der Waals surface area contributed by atoms with Crippen LogP contribution in [0.5, 0.6) is 5.75 Å². The summed E-state index contributed by atoms with van der Waals surface area (Å²) in [6, 6.07) is 1.76. The number of nitrogens with one attached hydrogen (secondary N) is 1. The van der Waals surface area contributed by atoms with E-state index >= 15 is 0 Å². The number of phenols is 1. The zero-order valence-corrected chi connectivity index (χ0v) is 16.5. The van der Waals surface area contributed by atoms with Gasteiger partial charge in [0.1, 0.15) is 11.9 Å². The Balaban J connectivity index is 1.48. The Labute approximate surface area is 179 Å². The number of nitrogens with zero attached hydrogens (tertiary/aromatic N) is 6. The number of hydrogen-bond acceptors (Lipinski definition) is 8. The van der Waals surface area contributed by atoms with E-state index in [1.165, 1.54) is 6.20 Å². The third kappa shape index (κ3) is 3.19. The Hall–Kier alpha value is -3.21. The number of benzene rings is 1. The van der Waals surface area contributed by atoms with Gasteiger partial charge in [-0.15, -0.1) is 15.3 Å². The Bertz CT molecular complexity index is 1320. The summed E-state index contributed by atoms with van der Waals surface area (Å²) in [4.78, 5) is 18.3. The first kappa shape index (κ1) is 16.5. The van der Waals surface area contributed by atoms with Gasteiger partial charge in [-0.1, -0.05) is 0 Å². The van der Waals surface area contributed by atoms with E-state index in [9.17, 15) is 18.7 Å². The maximum Gasteiger partial charge on any atom is 0.274 e. The van der Waals surface area contributed by atoms with Gasteiger partial charge in [0.25, 0.3) is 5.56 Å². The first-order valence-electron chi connectivity index (χ1n) is 11.3. The van der Waals surface area contributed by atoms with Crippen LogP contribution in [0.1, 0.15) is 23.4 Å². The number of piperidine rings is 1. The summed E-state index contributed by atoms with van der Waals surface area (Å²) in [6.07, 6.45) is 2.67. The van der Waals surface area contributed by atoms with Crippen molar-refractivity contribution >= 4 is 16.6 Å². The van der Waals surface area contributed by atoms with Crippen molar-refractivity contribution in [2.75, 3.05) is 11.9 Å². The van der Waals surface area contributed by atoms with Crippen LogP contribution in [0.15, 0.2) is 23.1 Å². The third-order valence-electron chi connectivity index (χ3n) is 6.17. The number of halogens is 2. The van der Waals surface area contributed by atoms with Crippen molar-refractivity contribution in [3.05, 3.63) is 34.6 Å². The van der Waals surface area contributed by atoms with Gasteiger partial charge in [-0.2, -0.15) is 4.39 Å². The van der Waals surface area contributed by atoms with Crippen molar-refractivity contribution in [1.82, 2.24) is 30.3 Å². The van der Waals surface area contributed by atoms with Crippen LogP contribution in [-0.4, -0.2) is 61.4 Å². The lowest BCUT2D eigenvalue weighted by molar-refractivity contribution is 0.176. The zero-order chi connectivity index (χ0) is 24.4. The predicted octanol–water partition coefficient (Wildman–Crippen LogP) is 1.30. The molecular formula is C20H21F2N7O2. The number of rotatable bonds is 3. The van der Waals surface area contributed by atoms with Crippen LogP contribution < -0.4 is 15.8 Å². The van der Waals surface area contributed by atoms with Crippen LogP contribution in [0.25, 0.3) is 22.2 Å². The fourth-order valence-electron chi connectivity index (χ4n) is 4.49. The van der Waals surface area contributed by atoms with E-state index in [4.69, 9.17) is 4.11 Å². The lowest BCUT2D eigenvalue weighted by Gasteiger charge is -2.38. The summed E-state index contributed by atoms with van der Waals surface area (Å²) in [5.41, 5.74) is -1.10. The Morgan fingerprint density at radius 1 is 1.32 bits per heavy atom. The van der Waals surface area contributed by atoms with Crippen LogP contribution in [0.4, 0.5) is 14.6 Å². The molecule has 2 bridgehead atoms. The molecule has 3 aromatic rings. The monoisotopic (exact) mass is 432 g/mol. The van der Waals surface area contributed by atoms with Crippen LogP contribution in [-0.2, 0) is 6.98 Å².